The maximum atomic E-state index is 11.7. The van der Waals surface area contributed by atoms with Gasteiger partial charge in [0.15, 0.2) is 0 Å². The van der Waals surface area contributed by atoms with E-state index in [-0.39, 0.29) is 47.3 Å². The second-order valence-electron chi connectivity index (χ2n) is 4.75. The molecule has 0 unspecified atom stereocenters. The monoisotopic (exact) mass is 334 g/mol. The van der Waals surface area contributed by atoms with Gasteiger partial charge in [-0.2, -0.15) is 0 Å². The molecule has 0 aliphatic carbocycles. The van der Waals surface area contributed by atoms with Crippen LogP contribution in [0.3, 0.4) is 0 Å². The Labute approximate surface area is 136 Å². The summed E-state index contributed by atoms with van der Waals surface area (Å²) in [6.45, 7) is -0.516. The van der Waals surface area contributed by atoms with Crippen LogP contribution in [0.2, 0.25) is 0 Å². The SMILES string of the molecule is O=C(OCCOC(=O)c1cc(O)cc(O)c1)c1cc(O)cc(O)c1. The Bertz CT molecular complexity index is 663. The van der Waals surface area contributed by atoms with E-state index < -0.39 is 11.9 Å². The van der Waals surface area contributed by atoms with Crippen molar-refractivity contribution in [1.29, 1.82) is 0 Å². The van der Waals surface area contributed by atoms with Crippen molar-refractivity contribution in [2.75, 3.05) is 13.2 Å². The first-order valence-corrected chi connectivity index (χ1v) is 6.75. The van der Waals surface area contributed by atoms with Crippen LogP contribution in [-0.2, 0) is 9.47 Å². The summed E-state index contributed by atoms with van der Waals surface area (Å²) in [7, 11) is 0. The topological polar surface area (TPSA) is 134 Å². The normalized spacial score (nSPS) is 10.2. The van der Waals surface area contributed by atoms with Gasteiger partial charge in [-0.25, -0.2) is 9.59 Å². The van der Waals surface area contributed by atoms with Gasteiger partial charge in [-0.15, -0.1) is 0 Å². The third-order valence-electron chi connectivity index (χ3n) is 2.83. The van der Waals surface area contributed by atoms with Gasteiger partial charge in [0.05, 0.1) is 11.1 Å². The molecule has 4 N–H and O–H groups in total. The zero-order chi connectivity index (χ0) is 17.7. The van der Waals surface area contributed by atoms with Crippen LogP contribution in [0.4, 0.5) is 0 Å². The Morgan fingerprint density at radius 3 is 1.21 bits per heavy atom. The van der Waals surface area contributed by atoms with Crippen molar-refractivity contribution in [1.82, 2.24) is 0 Å². The molecular weight excluding hydrogens is 320 g/mol. The molecule has 0 aliphatic rings. The fourth-order valence-electron chi connectivity index (χ4n) is 1.86. The van der Waals surface area contributed by atoms with Crippen molar-refractivity contribution >= 4 is 11.9 Å². The minimum absolute atomic E-state index is 0.0586. The van der Waals surface area contributed by atoms with E-state index in [4.69, 9.17) is 9.47 Å². The van der Waals surface area contributed by atoms with Crippen LogP contribution in [0.25, 0.3) is 0 Å². The van der Waals surface area contributed by atoms with Gasteiger partial charge in [-0.05, 0) is 24.3 Å². The highest BCUT2D eigenvalue weighted by Crippen LogP contribution is 2.22. The van der Waals surface area contributed by atoms with Gasteiger partial charge >= 0.3 is 11.9 Å². The lowest BCUT2D eigenvalue weighted by atomic mass is 10.2. The Morgan fingerprint density at radius 1 is 0.625 bits per heavy atom. The van der Waals surface area contributed by atoms with E-state index in [2.05, 4.69) is 0 Å². The van der Waals surface area contributed by atoms with E-state index in [0.717, 1.165) is 36.4 Å². The van der Waals surface area contributed by atoms with Gasteiger partial charge in [-0.1, -0.05) is 0 Å². The first-order valence-electron chi connectivity index (χ1n) is 6.75. The number of carbonyl (C=O) groups excluding carboxylic acids is 2. The van der Waals surface area contributed by atoms with E-state index in [0.29, 0.717) is 0 Å². The number of benzene rings is 2. The Morgan fingerprint density at radius 2 is 0.917 bits per heavy atom. The number of hydrogen-bond donors (Lipinski definition) is 4. The average molecular weight is 334 g/mol. The van der Waals surface area contributed by atoms with Crippen LogP contribution in [0.1, 0.15) is 20.7 Å². The Balaban J connectivity index is 1.84. The summed E-state index contributed by atoms with van der Waals surface area (Å²) in [6.07, 6.45) is 0. The highest BCUT2D eigenvalue weighted by Gasteiger charge is 2.12. The zero-order valence-corrected chi connectivity index (χ0v) is 12.3. The first kappa shape index (κ1) is 16.9. The summed E-state index contributed by atoms with van der Waals surface area (Å²) in [4.78, 5) is 23.4. The fraction of sp³-hybridized carbons (Fsp3) is 0.125. The van der Waals surface area contributed by atoms with Crippen molar-refractivity contribution in [3.05, 3.63) is 47.5 Å². The molecule has 0 heterocycles. The van der Waals surface area contributed by atoms with Crippen molar-refractivity contribution in [3.8, 4) is 23.0 Å². The molecule has 0 spiro atoms. The zero-order valence-electron chi connectivity index (χ0n) is 12.3. The van der Waals surface area contributed by atoms with E-state index in [1.165, 1.54) is 0 Å². The highest BCUT2D eigenvalue weighted by atomic mass is 16.6. The van der Waals surface area contributed by atoms with E-state index in [1.54, 1.807) is 0 Å². The number of aromatic hydroxyl groups is 4. The summed E-state index contributed by atoms with van der Waals surface area (Å²) >= 11 is 0. The molecule has 24 heavy (non-hydrogen) atoms. The molecule has 2 rings (SSSR count). The quantitative estimate of drug-likeness (QED) is 0.478. The molecule has 0 aliphatic heterocycles. The molecule has 2 aromatic rings. The average Bonchev–Trinajstić information content (AvgIpc) is 2.49. The number of esters is 2. The van der Waals surface area contributed by atoms with Gasteiger partial charge in [-0.3, -0.25) is 0 Å². The first-order chi connectivity index (χ1) is 11.3. The third-order valence-corrected chi connectivity index (χ3v) is 2.83. The lowest BCUT2D eigenvalue weighted by molar-refractivity contribution is 0.0265. The van der Waals surface area contributed by atoms with Gasteiger partial charge in [0, 0.05) is 12.1 Å². The van der Waals surface area contributed by atoms with E-state index in [1.807, 2.05) is 0 Å². The molecule has 126 valence electrons. The molecule has 0 aromatic heterocycles. The molecule has 8 nitrogen and oxygen atoms in total. The Hall–Kier alpha value is -3.42. The van der Waals surface area contributed by atoms with Gasteiger partial charge in [0.1, 0.15) is 36.2 Å². The molecule has 0 bridgehead atoms. The van der Waals surface area contributed by atoms with Crippen LogP contribution in [-0.4, -0.2) is 45.6 Å². The van der Waals surface area contributed by atoms with Crippen LogP contribution < -0.4 is 0 Å². The number of carbonyl (C=O) groups is 2. The van der Waals surface area contributed by atoms with Crippen molar-refractivity contribution in [3.63, 3.8) is 0 Å². The van der Waals surface area contributed by atoms with Crippen LogP contribution in [0, 0.1) is 0 Å². The second kappa shape index (κ2) is 7.23. The number of phenols is 4. The molecule has 0 amide bonds. The maximum absolute atomic E-state index is 11.7. The summed E-state index contributed by atoms with van der Waals surface area (Å²) in [5, 5.41) is 37.1. The largest absolute Gasteiger partial charge is 0.508 e. The molecule has 2 aromatic carbocycles. The summed E-state index contributed by atoms with van der Waals surface area (Å²) in [5.41, 5.74) is -0.117. The fourth-order valence-corrected chi connectivity index (χ4v) is 1.86. The molecule has 8 heteroatoms. The number of ether oxygens (including phenoxy) is 2. The molecule has 0 radical (unpaired) electrons. The predicted molar refractivity (Wildman–Crippen MR) is 80.1 cm³/mol. The Kier molecular flexibility index (Phi) is 5.10. The molecule has 0 atom stereocenters. The lowest BCUT2D eigenvalue weighted by Crippen LogP contribution is -2.14. The standard InChI is InChI=1S/C16H14O8/c17-11-3-9(4-12(18)7-11)15(21)23-1-2-24-16(22)10-5-13(19)8-14(20)6-10/h3-8,17-20H,1-2H2. The third kappa shape index (κ3) is 4.54. The predicted octanol–water partition coefficient (Wildman–Crippen LogP) is 1.52. The number of hydrogen-bond acceptors (Lipinski definition) is 8. The number of rotatable bonds is 5. The molecular formula is C16H14O8. The summed E-state index contributed by atoms with van der Waals surface area (Å²) in [5.74, 6) is -2.80. The van der Waals surface area contributed by atoms with Crippen molar-refractivity contribution in [2.24, 2.45) is 0 Å². The van der Waals surface area contributed by atoms with Crippen LogP contribution in [0.5, 0.6) is 23.0 Å². The highest BCUT2D eigenvalue weighted by molar-refractivity contribution is 5.91. The van der Waals surface area contributed by atoms with Crippen LogP contribution >= 0.6 is 0 Å². The van der Waals surface area contributed by atoms with Gasteiger partial charge in [0.25, 0.3) is 0 Å². The summed E-state index contributed by atoms with van der Waals surface area (Å²) in [6, 6.07) is 6.58. The maximum Gasteiger partial charge on any atom is 0.338 e. The van der Waals surface area contributed by atoms with Gasteiger partial charge < -0.3 is 29.9 Å². The second-order valence-corrected chi connectivity index (χ2v) is 4.75. The van der Waals surface area contributed by atoms with Crippen molar-refractivity contribution in [2.45, 2.75) is 0 Å². The van der Waals surface area contributed by atoms with E-state index in [9.17, 15) is 30.0 Å². The molecule has 0 fully saturated rings. The molecule has 0 saturated carbocycles. The minimum Gasteiger partial charge on any atom is -0.508 e. The number of phenolic OH excluding ortho intramolecular Hbond substituents is 4. The summed E-state index contributed by atoms with van der Waals surface area (Å²) < 4.78 is 9.67. The minimum atomic E-state index is -0.813. The van der Waals surface area contributed by atoms with Gasteiger partial charge in [0.2, 0.25) is 0 Å². The molecule has 0 saturated heterocycles. The van der Waals surface area contributed by atoms with Crippen LogP contribution in [0.15, 0.2) is 36.4 Å². The van der Waals surface area contributed by atoms with Crippen molar-refractivity contribution < 1.29 is 39.5 Å². The lowest BCUT2D eigenvalue weighted by Gasteiger charge is -2.07. The smallest absolute Gasteiger partial charge is 0.338 e. The van der Waals surface area contributed by atoms with E-state index >= 15 is 0 Å².